The van der Waals surface area contributed by atoms with Crippen LogP contribution in [0.5, 0.6) is 0 Å². The second-order valence-electron chi connectivity index (χ2n) is 2.72. The molecule has 13 heavy (non-hydrogen) atoms. The van der Waals surface area contributed by atoms with E-state index in [-0.39, 0.29) is 0 Å². The van der Waals surface area contributed by atoms with Crippen LogP contribution in [0.2, 0.25) is 0 Å². The molecule has 0 bridgehead atoms. The Morgan fingerprint density at radius 2 is 2.15 bits per heavy atom. The third-order valence-electron chi connectivity index (χ3n) is 1.89. The second kappa shape index (κ2) is 4.94. The smallest absolute Gasteiger partial charge is 0.0994 e. The van der Waals surface area contributed by atoms with Crippen LogP contribution in [0.15, 0.2) is 23.1 Å². The number of nitrogens with zero attached hydrogens (tertiary/aromatic N) is 1. The lowest BCUT2D eigenvalue weighted by molar-refractivity contribution is 1.11. The number of rotatable bonds is 3. The fraction of sp³-hybridized carbons (Fsp3) is 0.364. The molecule has 0 saturated carbocycles. The van der Waals surface area contributed by atoms with Gasteiger partial charge in [0, 0.05) is 4.90 Å². The standard InChI is InChI=1S/C11H13NS/c1-3-9-7-11(13-4-2)6-5-10(9)8-12/h5-7H,3-4H2,1-2H3. The van der Waals surface area contributed by atoms with Gasteiger partial charge >= 0.3 is 0 Å². The normalized spacial score (nSPS) is 9.62. The first kappa shape index (κ1) is 10.1. The molecule has 0 unspecified atom stereocenters. The minimum Gasteiger partial charge on any atom is -0.192 e. The van der Waals surface area contributed by atoms with Gasteiger partial charge in [-0.25, -0.2) is 0 Å². The molecule has 0 amide bonds. The third-order valence-corrected chi connectivity index (χ3v) is 2.77. The van der Waals surface area contributed by atoms with E-state index in [1.54, 1.807) is 0 Å². The average Bonchev–Trinajstić information content (AvgIpc) is 2.18. The number of thioether (sulfide) groups is 1. The van der Waals surface area contributed by atoms with Crippen molar-refractivity contribution in [2.24, 2.45) is 0 Å². The number of hydrogen-bond donors (Lipinski definition) is 0. The summed E-state index contributed by atoms with van der Waals surface area (Å²) in [5, 5.41) is 8.81. The zero-order chi connectivity index (χ0) is 9.68. The molecule has 0 atom stereocenters. The van der Waals surface area contributed by atoms with Crippen molar-refractivity contribution in [2.45, 2.75) is 25.2 Å². The van der Waals surface area contributed by atoms with E-state index >= 15 is 0 Å². The summed E-state index contributed by atoms with van der Waals surface area (Å²) >= 11 is 1.81. The summed E-state index contributed by atoms with van der Waals surface area (Å²) in [6.45, 7) is 4.21. The second-order valence-corrected chi connectivity index (χ2v) is 4.05. The largest absolute Gasteiger partial charge is 0.192 e. The highest BCUT2D eigenvalue weighted by molar-refractivity contribution is 7.99. The van der Waals surface area contributed by atoms with E-state index < -0.39 is 0 Å². The van der Waals surface area contributed by atoms with Crippen LogP contribution in [0, 0.1) is 11.3 Å². The molecule has 0 aromatic heterocycles. The van der Waals surface area contributed by atoms with Gasteiger partial charge in [-0.3, -0.25) is 0 Å². The minimum atomic E-state index is 0.808. The zero-order valence-electron chi connectivity index (χ0n) is 8.00. The molecule has 0 fully saturated rings. The highest BCUT2D eigenvalue weighted by atomic mass is 32.2. The van der Waals surface area contributed by atoms with E-state index in [0.717, 1.165) is 23.3 Å². The summed E-state index contributed by atoms with van der Waals surface area (Å²) in [4.78, 5) is 1.26. The summed E-state index contributed by atoms with van der Waals surface area (Å²) in [6, 6.07) is 8.26. The Hall–Kier alpha value is -0.940. The number of nitriles is 1. The van der Waals surface area contributed by atoms with Crippen molar-refractivity contribution in [1.29, 1.82) is 5.26 Å². The fourth-order valence-electron chi connectivity index (χ4n) is 1.23. The highest BCUT2D eigenvalue weighted by Gasteiger charge is 2.00. The van der Waals surface area contributed by atoms with E-state index in [2.05, 4.69) is 26.0 Å². The Labute approximate surface area is 83.8 Å². The zero-order valence-corrected chi connectivity index (χ0v) is 8.82. The first-order chi connectivity index (χ1) is 6.31. The molecule has 1 aromatic carbocycles. The van der Waals surface area contributed by atoms with Crippen molar-refractivity contribution in [2.75, 3.05) is 5.75 Å². The lowest BCUT2D eigenvalue weighted by Gasteiger charge is -2.03. The van der Waals surface area contributed by atoms with Crippen LogP contribution in [-0.2, 0) is 6.42 Å². The van der Waals surface area contributed by atoms with Crippen molar-refractivity contribution in [3.63, 3.8) is 0 Å². The molecule has 0 aliphatic heterocycles. The Balaban J connectivity index is 3.00. The SMILES string of the molecule is CCSc1ccc(C#N)c(CC)c1. The first-order valence-electron chi connectivity index (χ1n) is 4.47. The molecular formula is C11H13NS. The molecule has 0 radical (unpaired) electrons. The Morgan fingerprint density at radius 1 is 1.38 bits per heavy atom. The summed E-state index contributed by atoms with van der Waals surface area (Å²) in [5.74, 6) is 1.08. The average molecular weight is 191 g/mol. The maximum Gasteiger partial charge on any atom is 0.0994 e. The van der Waals surface area contributed by atoms with Crippen molar-refractivity contribution < 1.29 is 0 Å². The fourth-order valence-corrected chi connectivity index (χ4v) is 1.95. The molecule has 1 nitrogen and oxygen atoms in total. The molecule has 0 aliphatic rings. The summed E-state index contributed by atoms with van der Waals surface area (Å²) < 4.78 is 0. The van der Waals surface area contributed by atoms with Gasteiger partial charge in [0.1, 0.15) is 0 Å². The van der Waals surface area contributed by atoms with Crippen LogP contribution in [0.1, 0.15) is 25.0 Å². The minimum absolute atomic E-state index is 0.808. The Kier molecular flexibility index (Phi) is 3.85. The van der Waals surface area contributed by atoms with Gasteiger partial charge in [0.25, 0.3) is 0 Å². The Morgan fingerprint density at radius 3 is 2.69 bits per heavy atom. The van der Waals surface area contributed by atoms with Gasteiger partial charge in [-0.1, -0.05) is 13.8 Å². The topological polar surface area (TPSA) is 23.8 Å². The maximum absolute atomic E-state index is 8.81. The molecule has 2 heteroatoms. The van der Waals surface area contributed by atoms with Gasteiger partial charge in [-0.05, 0) is 35.9 Å². The molecule has 0 saturated heterocycles. The van der Waals surface area contributed by atoms with Gasteiger partial charge in [0.05, 0.1) is 11.6 Å². The molecule has 0 spiro atoms. The van der Waals surface area contributed by atoms with Crippen molar-refractivity contribution in [3.05, 3.63) is 29.3 Å². The quantitative estimate of drug-likeness (QED) is 0.685. The van der Waals surface area contributed by atoms with Crippen LogP contribution in [0.4, 0.5) is 0 Å². The Bertz CT molecular complexity index is 325. The monoisotopic (exact) mass is 191 g/mol. The van der Waals surface area contributed by atoms with E-state index in [1.807, 2.05) is 23.9 Å². The summed E-state index contributed by atoms with van der Waals surface area (Å²) in [6.07, 6.45) is 0.932. The van der Waals surface area contributed by atoms with Crippen LogP contribution in [0.3, 0.4) is 0 Å². The van der Waals surface area contributed by atoms with Gasteiger partial charge in [-0.2, -0.15) is 5.26 Å². The number of hydrogen-bond acceptors (Lipinski definition) is 2. The first-order valence-corrected chi connectivity index (χ1v) is 5.46. The van der Waals surface area contributed by atoms with Gasteiger partial charge in [-0.15, -0.1) is 11.8 Å². The van der Waals surface area contributed by atoms with Gasteiger partial charge in [0.2, 0.25) is 0 Å². The number of aryl methyl sites for hydroxylation is 1. The molecule has 68 valence electrons. The predicted octanol–water partition coefficient (Wildman–Crippen LogP) is 3.23. The molecule has 0 aliphatic carbocycles. The lowest BCUT2D eigenvalue weighted by atomic mass is 10.1. The van der Waals surface area contributed by atoms with E-state index in [9.17, 15) is 0 Å². The van der Waals surface area contributed by atoms with Crippen molar-refractivity contribution >= 4 is 11.8 Å². The lowest BCUT2D eigenvalue weighted by Crippen LogP contribution is -1.87. The van der Waals surface area contributed by atoms with Crippen LogP contribution >= 0.6 is 11.8 Å². The predicted molar refractivity (Wildman–Crippen MR) is 56.9 cm³/mol. The van der Waals surface area contributed by atoms with Crippen molar-refractivity contribution in [3.8, 4) is 6.07 Å². The third kappa shape index (κ3) is 2.50. The summed E-state index contributed by atoms with van der Waals surface area (Å²) in [5.41, 5.74) is 1.96. The van der Waals surface area contributed by atoms with Crippen molar-refractivity contribution in [1.82, 2.24) is 0 Å². The van der Waals surface area contributed by atoms with E-state index in [0.29, 0.717) is 0 Å². The number of benzene rings is 1. The van der Waals surface area contributed by atoms with E-state index in [1.165, 1.54) is 4.90 Å². The highest BCUT2D eigenvalue weighted by Crippen LogP contribution is 2.21. The van der Waals surface area contributed by atoms with Crippen LogP contribution < -0.4 is 0 Å². The molecule has 0 heterocycles. The van der Waals surface area contributed by atoms with Gasteiger partial charge in [0.15, 0.2) is 0 Å². The molecule has 1 rings (SSSR count). The summed E-state index contributed by atoms with van der Waals surface area (Å²) in [7, 11) is 0. The molecule has 0 N–H and O–H groups in total. The molecular weight excluding hydrogens is 178 g/mol. The van der Waals surface area contributed by atoms with Crippen LogP contribution in [-0.4, -0.2) is 5.75 Å². The van der Waals surface area contributed by atoms with Gasteiger partial charge < -0.3 is 0 Å². The maximum atomic E-state index is 8.81. The molecule has 1 aromatic rings. The van der Waals surface area contributed by atoms with Crippen LogP contribution in [0.25, 0.3) is 0 Å². The van der Waals surface area contributed by atoms with E-state index in [4.69, 9.17) is 5.26 Å².